The Morgan fingerprint density at radius 3 is 2.89 bits per heavy atom. The maximum Gasteiger partial charge on any atom is 0.331 e. The molecule has 2 rings (SSSR count). The first-order valence-corrected chi connectivity index (χ1v) is 6.86. The normalized spacial score (nSPS) is 31.9. The van der Waals surface area contributed by atoms with Crippen molar-refractivity contribution in [1.29, 1.82) is 0 Å². The number of rotatable bonds is 5. The van der Waals surface area contributed by atoms with E-state index in [0.29, 0.717) is 13.0 Å². The summed E-state index contributed by atoms with van der Waals surface area (Å²) in [7, 11) is 0. The summed E-state index contributed by atoms with van der Waals surface area (Å²) < 4.78 is 0. The number of carbonyl (C=O) groups is 2. The van der Waals surface area contributed by atoms with Gasteiger partial charge in [-0.1, -0.05) is 13.3 Å². The van der Waals surface area contributed by atoms with Crippen molar-refractivity contribution in [3.05, 3.63) is 0 Å². The van der Waals surface area contributed by atoms with E-state index in [2.05, 4.69) is 4.90 Å². The van der Waals surface area contributed by atoms with Crippen molar-refractivity contribution in [2.45, 2.75) is 50.6 Å². The molecule has 2 heterocycles. The molecule has 2 fully saturated rings. The second-order valence-corrected chi connectivity index (χ2v) is 5.33. The zero-order valence-corrected chi connectivity index (χ0v) is 11.0. The zero-order valence-electron chi connectivity index (χ0n) is 11.0. The topological polar surface area (TPSA) is 60.9 Å². The highest BCUT2D eigenvalue weighted by atomic mass is 16.4. The molecule has 0 aromatic heterocycles. The first kappa shape index (κ1) is 13.3. The van der Waals surface area contributed by atoms with Crippen molar-refractivity contribution in [3.63, 3.8) is 0 Å². The summed E-state index contributed by atoms with van der Waals surface area (Å²) in [6, 6.07) is 0.000463. The second kappa shape index (κ2) is 5.26. The van der Waals surface area contributed by atoms with Crippen LogP contribution in [0.15, 0.2) is 0 Å². The van der Waals surface area contributed by atoms with Crippen molar-refractivity contribution in [3.8, 4) is 0 Å². The van der Waals surface area contributed by atoms with Crippen LogP contribution in [0.5, 0.6) is 0 Å². The molecule has 5 nitrogen and oxygen atoms in total. The Morgan fingerprint density at radius 2 is 2.28 bits per heavy atom. The SMILES string of the molecule is CCCN(C=O)C1(C(=O)O)CCN2CCCCC21. The minimum absolute atomic E-state index is 0.000463. The molecule has 2 aliphatic heterocycles. The third-order valence-electron chi connectivity index (χ3n) is 4.42. The Hall–Kier alpha value is -1.10. The van der Waals surface area contributed by atoms with Crippen LogP contribution >= 0.6 is 0 Å². The smallest absolute Gasteiger partial charge is 0.331 e. The molecule has 102 valence electrons. The predicted octanol–water partition coefficient (Wildman–Crippen LogP) is 0.936. The monoisotopic (exact) mass is 254 g/mol. The average molecular weight is 254 g/mol. The Balaban J connectivity index is 2.31. The van der Waals surface area contributed by atoms with Gasteiger partial charge in [-0.05, 0) is 32.2 Å². The lowest BCUT2D eigenvalue weighted by atomic mass is 9.84. The molecule has 0 saturated carbocycles. The van der Waals surface area contributed by atoms with E-state index in [0.717, 1.165) is 45.2 Å². The maximum absolute atomic E-state index is 11.8. The van der Waals surface area contributed by atoms with Gasteiger partial charge >= 0.3 is 5.97 Å². The van der Waals surface area contributed by atoms with Crippen molar-refractivity contribution < 1.29 is 14.7 Å². The summed E-state index contributed by atoms with van der Waals surface area (Å²) in [5.74, 6) is -0.836. The van der Waals surface area contributed by atoms with Gasteiger partial charge in [-0.25, -0.2) is 4.79 Å². The highest BCUT2D eigenvalue weighted by Gasteiger charge is 2.56. The molecular formula is C13H22N2O3. The van der Waals surface area contributed by atoms with Gasteiger partial charge < -0.3 is 10.0 Å². The van der Waals surface area contributed by atoms with Crippen LogP contribution in [0.25, 0.3) is 0 Å². The summed E-state index contributed by atoms with van der Waals surface area (Å²) >= 11 is 0. The fourth-order valence-corrected chi connectivity index (χ4v) is 3.57. The Labute approximate surface area is 108 Å². The van der Waals surface area contributed by atoms with Gasteiger partial charge in [0.05, 0.1) is 0 Å². The molecular weight excluding hydrogens is 232 g/mol. The van der Waals surface area contributed by atoms with E-state index in [4.69, 9.17) is 0 Å². The molecule has 0 spiro atoms. The van der Waals surface area contributed by atoms with Gasteiger partial charge in [0, 0.05) is 19.1 Å². The summed E-state index contributed by atoms with van der Waals surface area (Å²) in [6.07, 6.45) is 5.18. The first-order valence-electron chi connectivity index (χ1n) is 6.86. The summed E-state index contributed by atoms with van der Waals surface area (Å²) in [5.41, 5.74) is -0.988. The minimum atomic E-state index is -0.988. The molecule has 0 radical (unpaired) electrons. The summed E-state index contributed by atoms with van der Waals surface area (Å²) in [5, 5.41) is 9.70. The van der Waals surface area contributed by atoms with E-state index in [1.165, 1.54) is 4.90 Å². The van der Waals surface area contributed by atoms with Gasteiger partial charge in [-0.3, -0.25) is 9.69 Å². The molecule has 0 bridgehead atoms. The lowest BCUT2D eigenvalue weighted by Crippen LogP contribution is -2.62. The fraction of sp³-hybridized carbons (Fsp3) is 0.846. The molecule has 0 aromatic carbocycles. The summed E-state index contributed by atoms with van der Waals surface area (Å²) in [6.45, 7) is 4.27. The molecule has 5 heteroatoms. The van der Waals surface area contributed by atoms with E-state index in [1.54, 1.807) is 0 Å². The minimum Gasteiger partial charge on any atom is -0.479 e. The summed E-state index contributed by atoms with van der Waals surface area (Å²) in [4.78, 5) is 26.9. The third kappa shape index (κ3) is 1.90. The number of carboxylic acid groups (broad SMARTS) is 1. The number of nitrogens with zero attached hydrogens (tertiary/aromatic N) is 2. The van der Waals surface area contributed by atoms with Crippen molar-refractivity contribution >= 4 is 12.4 Å². The molecule has 0 aromatic rings. The number of hydrogen-bond acceptors (Lipinski definition) is 3. The van der Waals surface area contributed by atoms with Crippen LogP contribution in [0.2, 0.25) is 0 Å². The molecule has 2 atom stereocenters. The zero-order chi connectivity index (χ0) is 13.2. The maximum atomic E-state index is 11.8. The van der Waals surface area contributed by atoms with Crippen molar-refractivity contribution in [2.24, 2.45) is 0 Å². The number of carboxylic acids is 1. The van der Waals surface area contributed by atoms with Crippen LogP contribution in [-0.2, 0) is 9.59 Å². The van der Waals surface area contributed by atoms with Crippen LogP contribution < -0.4 is 0 Å². The highest BCUT2D eigenvalue weighted by Crippen LogP contribution is 2.39. The molecule has 18 heavy (non-hydrogen) atoms. The quantitative estimate of drug-likeness (QED) is 0.742. The molecule has 0 aliphatic carbocycles. The lowest BCUT2D eigenvalue weighted by molar-refractivity contribution is -0.158. The molecule has 2 aliphatic rings. The van der Waals surface area contributed by atoms with Crippen LogP contribution in [0, 0.1) is 0 Å². The van der Waals surface area contributed by atoms with E-state index in [-0.39, 0.29) is 6.04 Å². The highest BCUT2D eigenvalue weighted by molar-refractivity contribution is 5.83. The largest absolute Gasteiger partial charge is 0.479 e. The molecule has 2 unspecified atom stereocenters. The van der Waals surface area contributed by atoms with E-state index >= 15 is 0 Å². The van der Waals surface area contributed by atoms with Gasteiger partial charge in [0.1, 0.15) is 0 Å². The van der Waals surface area contributed by atoms with Crippen LogP contribution in [0.3, 0.4) is 0 Å². The third-order valence-corrected chi connectivity index (χ3v) is 4.42. The van der Waals surface area contributed by atoms with Crippen molar-refractivity contribution in [1.82, 2.24) is 9.80 Å². The van der Waals surface area contributed by atoms with Crippen LogP contribution in [0.4, 0.5) is 0 Å². The van der Waals surface area contributed by atoms with Gasteiger partial charge in [-0.15, -0.1) is 0 Å². The number of fused-ring (bicyclic) bond motifs is 1. The predicted molar refractivity (Wildman–Crippen MR) is 67.3 cm³/mol. The number of piperidine rings is 1. The Kier molecular flexibility index (Phi) is 3.90. The Morgan fingerprint density at radius 1 is 1.50 bits per heavy atom. The second-order valence-electron chi connectivity index (χ2n) is 5.33. The van der Waals surface area contributed by atoms with E-state index in [1.807, 2.05) is 6.92 Å². The van der Waals surface area contributed by atoms with Crippen molar-refractivity contribution in [2.75, 3.05) is 19.6 Å². The number of amides is 1. The average Bonchev–Trinajstić information content (AvgIpc) is 2.76. The van der Waals surface area contributed by atoms with Crippen LogP contribution in [0.1, 0.15) is 39.0 Å². The molecule has 2 saturated heterocycles. The number of hydrogen-bond donors (Lipinski definition) is 1. The Bertz CT molecular complexity index is 334. The lowest BCUT2D eigenvalue weighted by Gasteiger charge is -2.43. The number of carbonyl (C=O) groups excluding carboxylic acids is 1. The standard InChI is InChI=1S/C13H22N2O3/c1-2-7-15(10-16)13(12(17)18)6-9-14-8-4-3-5-11(13)14/h10-11H,2-9H2,1H3,(H,17,18). The van der Waals surface area contributed by atoms with Gasteiger partial charge in [0.15, 0.2) is 5.54 Å². The van der Waals surface area contributed by atoms with Gasteiger partial charge in [-0.2, -0.15) is 0 Å². The fourth-order valence-electron chi connectivity index (χ4n) is 3.57. The van der Waals surface area contributed by atoms with E-state index < -0.39 is 11.5 Å². The molecule has 1 N–H and O–H groups in total. The number of aliphatic carboxylic acids is 1. The molecule has 1 amide bonds. The van der Waals surface area contributed by atoms with E-state index in [9.17, 15) is 14.7 Å². The van der Waals surface area contributed by atoms with Gasteiger partial charge in [0.25, 0.3) is 0 Å². The first-order chi connectivity index (χ1) is 8.66. The van der Waals surface area contributed by atoms with Gasteiger partial charge in [0.2, 0.25) is 6.41 Å². The van der Waals surface area contributed by atoms with Crippen LogP contribution in [-0.4, -0.2) is 58.5 Å².